The molecule has 2 aromatic heterocycles. The maximum Gasteiger partial charge on any atom is 0.258 e. The zero-order valence-corrected chi connectivity index (χ0v) is 12.8. The molecule has 22 heavy (non-hydrogen) atoms. The number of aryl methyl sites for hydroxylation is 2. The summed E-state index contributed by atoms with van der Waals surface area (Å²) in [7, 11) is 3.37. The van der Waals surface area contributed by atoms with Crippen molar-refractivity contribution in [2.45, 2.75) is 0 Å². The van der Waals surface area contributed by atoms with Crippen molar-refractivity contribution in [3.63, 3.8) is 0 Å². The van der Waals surface area contributed by atoms with E-state index in [2.05, 4.69) is 10.4 Å². The van der Waals surface area contributed by atoms with Crippen LogP contribution in [0.25, 0.3) is 10.9 Å². The highest BCUT2D eigenvalue weighted by atomic mass is 35.5. The number of nitrogens with one attached hydrogen (secondary N) is 1. The molecule has 2 heterocycles. The Balaban J connectivity index is 2.01. The van der Waals surface area contributed by atoms with E-state index in [0.717, 1.165) is 5.52 Å². The fourth-order valence-electron chi connectivity index (χ4n) is 2.27. The smallest absolute Gasteiger partial charge is 0.258 e. The molecule has 6 nitrogen and oxygen atoms in total. The van der Waals surface area contributed by atoms with Crippen LogP contribution in [0.1, 0.15) is 10.4 Å². The second kappa shape index (κ2) is 5.31. The van der Waals surface area contributed by atoms with Gasteiger partial charge in [0, 0.05) is 26.4 Å². The maximum absolute atomic E-state index is 12.3. The molecule has 0 fully saturated rings. The third-order valence-corrected chi connectivity index (χ3v) is 3.72. The number of carbonyl (C=O) groups is 1. The SMILES string of the molecule is Cn1cc(C(=O)Nc2nn(C)c3cccc(Cl)c23)ccc1=O. The van der Waals surface area contributed by atoms with Gasteiger partial charge in [0.1, 0.15) is 0 Å². The third kappa shape index (κ3) is 2.37. The van der Waals surface area contributed by atoms with Crippen LogP contribution in [0.15, 0.2) is 41.3 Å². The van der Waals surface area contributed by atoms with E-state index in [1.165, 1.54) is 22.9 Å². The van der Waals surface area contributed by atoms with Crippen LogP contribution >= 0.6 is 11.6 Å². The average molecular weight is 317 g/mol. The van der Waals surface area contributed by atoms with Gasteiger partial charge in [-0.25, -0.2) is 0 Å². The van der Waals surface area contributed by atoms with Crippen molar-refractivity contribution in [2.75, 3.05) is 5.32 Å². The number of rotatable bonds is 2. The number of benzene rings is 1. The molecule has 0 aliphatic carbocycles. The highest BCUT2D eigenvalue weighted by Crippen LogP contribution is 2.29. The van der Waals surface area contributed by atoms with Crippen molar-refractivity contribution in [3.8, 4) is 0 Å². The van der Waals surface area contributed by atoms with Gasteiger partial charge in [0.15, 0.2) is 5.82 Å². The largest absolute Gasteiger partial charge is 0.318 e. The summed E-state index contributed by atoms with van der Waals surface area (Å²) >= 11 is 6.20. The molecule has 1 amide bonds. The lowest BCUT2D eigenvalue weighted by Crippen LogP contribution is -2.19. The topological polar surface area (TPSA) is 68.9 Å². The number of anilines is 1. The van der Waals surface area contributed by atoms with Crippen LogP contribution in [0.4, 0.5) is 5.82 Å². The van der Waals surface area contributed by atoms with E-state index in [-0.39, 0.29) is 11.5 Å². The van der Waals surface area contributed by atoms with E-state index < -0.39 is 0 Å². The van der Waals surface area contributed by atoms with Crippen LogP contribution in [0.3, 0.4) is 0 Å². The summed E-state index contributed by atoms with van der Waals surface area (Å²) in [5, 5.41) is 8.23. The molecule has 1 aromatic carbocycles. The molecule has 0 aliphatic heterocycles. The Morgan fingerprint density at radius 3 is 2.73 bits per heavy atom. The highest BCUT2D eigenvalue weighted by Gasteiger charge is 2.15. The van der Waals surface area contributed by atoms with Gasteiger partial charge in [-0.2, -0.15) is 5.10 Å². The number of hydrogen-bond donors (Lipinski definition) is 1. The van der Waals surface area contributed by atoms with E-state index in [0.29, 0.717) is 21.8 Å². The molecule has 0 bridgehead atoms. The van der Waals surface area contributed by atoms with E-state index in [1.807, 2.05) is 12.1 Å². The molecule has 0 spiro atoms. The van der Waals surface area contributed by atoms with Crippen molar-refractivity contribution >= 4 is 34.2 Å². The van der Waals surface area contributed by atoms with Crippen molar-refractivity contribution in [1.29, 1.82) is 0 Å². The van der Waals surface area contributed by atoms with Gasteiger partial charge in [-0.15, -0.1) is 0 Å². The molecule has 0 atom stereocenters. The fraction of sp³-hybridized carbons (Fsp3) is 0.133. The van der Waals surface area contributed by atoms with E-state index in [9.17, 15) is 9.59 Å². The summed E-state index contributed by atoms with van der Waals surface area (Å²) in [5.41, 5.74) is 1.01. The first-order valence-corrected chi connectivity index (χ1v) is 6.94. The lowest BCUT2D eigenvalue weighted by molar-refractivity contribution is 0.102. The lowest BCUT2D eigenvalue weighted by atomic mass is 10.2. The van der Waals surface area contributed by atoms with Gasteiger partial charge in [-0.3, -0.25) is 14.3 Å². The second-order valence-electron chi connectivity index (χ2n) is 4.93. The summed E-state index contributed by atoms with van der Waals surface area (Å²) in [4.78, 5) is 23.7. The Bertz CT molecular complexity index is 942. The Hall–Kier alpha value is -2.60. The Kier molecular flexibility index (Phi) is 3.46. The van der Waals surface area contributed by atoms with Gasteiger partial charge >= 0.3 is 0 Å². The van der Waals surface area contributed by atoms with E-state index in [4.69, 9.17) is 11.6 Å². The van der Waals surface area contributed by atoms with Crippen LogP contribution in [-0.4, -0.2) is 20.3 Å². The van der Waals surface area contributed by atoms with Gasteiger partial charge in [0.05, 0.1) is 21.5 Å². The molecule has 7 heteroatoms. The Labute approximate surface area is 130 Å². The minimum Gasteiger partial charge on any atom is -0.318 e. The molecule has 0 radical (unpaired) electrons. The molecule has 0 saturated heterocycles. The number of hydrogen-bond acceptors (Lipinski definition) is 3. The summed E-state index contributed by atoms with van der Waals surface area (Å²) in [5.74, 6) is 0.0393. The monoisotopic (exact) mass is 316 g/mol. The Morgan fingerprint density at radius 1 is 1.23 bits per heavy atom. The van der Waals surface area contributed by atoms with Gasteiger partial charge in [0.2, 0.25) is 5.56 Å². The van der Waals surface area contributed by atoms with Crippen LogP contribution < -0.4 is 10.9 Å². The quantitative estimate of drug-likeness (QED) is 0.788. The zero-order valence-electron chi connectivity index (χ0n) is 12.0. The lowest BCUT2D eigenvalue weighted by Gasteiger charge is -2.04. The van der Waals surface area contributed by atoms with Crippen LogP contribution in [0, 0.1) is 0 Å². The molecule has 112 valence electrons. The van der Waals surface area contributed by atoms with Gasteiger partial charge < -0.3 is 9.88 Å². The minimum absolute atomic E-state index is 0.178. The average Bonchev–Trinajstić information content (AvgIpc) is 2.79. The molecular formula is C15H13ClN4O2. The number of pyridine rings is 1. The standard InChI is InChI=1S/C15H13ClN4O2/c1-19-8-9(6-7-12(19)21)15(22)17-14-13-10(16)4-3-5-11(13)20(2)18-14/h3-8H,1-2H3,(H,17,18,22). The first kappa shape index (κ1) is 14.3. The summed E-state index contributed by atoms with van der Waals surface area (Å²) in [6.07, 6.45) is 1.48. The highest BCUT2D eigenvalue weighted by molar-refractivity contribution is 6.36. The number of fused-ring (bicyclic) bond motifs is 1. The fourth-order valence-corrected chi connectivity index (χ4v) is 2.53. The van der Waals surface area contributed by atoms with Crippen LogP contribution in [0.5, 0.6) is 0 Å². The summed E-state index contributed by atoms with van der Waals surface area (Å²) in [6, 6.07) is 8.26. The van der Waals surface area contributed by atoms with Gasteiger partial charge in [-0.1, -0.05) is 17.7 Å². The normalized spacial score (nSPS) is 10.9. The van der Waals surface area contributed by atoms with Crippen molar-refractivity contribution in [3.05, 3.63) is 57.5 Å². The van der Waals surface area contributed by atoms with Crippen LogP contribution in [-0.2, 0) is 14.1 Å². The predicted molar refractivity (Wildman–Crippen MR) is 85.4 cm³/mol. The zero-order chi connectivity index (χ0) is 15.9. The van der Waals surface area contributed by atoms with Crippen molar-refractivity contribution in [1.82, 2.24) is 14.3 Å². The van der Waals surface area contributed by atoms with Crippen molar-refractivity contribution in [2.24, 2.45) is 14.1 Å². The summed E-state index contributed by atoms with van der Waals surface area (Å²) < 4.78 is 3.00. The molecule has 1 N–H and O–H groups in total. The number of aromatic nitrogens is 3. The van der Waals surface area contributed by atoms with Gasteiger partial charge in [-0.05, 0) is 18.2 Å². The molecule has 0 unspecified atom stereocenters. The second-order valence-corrected chi connectivity index (χ2v) is 5.33. The van der Waals surface area contributed by atoms with Gasteiger partial charge in [0.25, 0.3) is 5.91 Å². The maximum atomic E-state index is 12.3. The van der Waals surface area contributed by atoms with E-state index in [1.54, 1.807) is 24.8 Å². The Morgan fingerprint density at radius 2 is 2.00 bits per heavy atom. The molecule has 0 saturated carbocycles. The number of halogens is 1. The molecule has 3 rings (SSSR count). The number of carbonyl (C=O) groups excluding carboxylic acids is 1. The number of nitrogens with zero attached hydrogens (tertiary/aromatic N) is 3. The minimum atomic E-state index is -0.351. The van der Waals surface area contributed by atoms with Crippen molar-refractivity contribution < 1.29 is 4.79 Å². The molecule has 3 aromatic rings. The predicted octanol–water partition coefficient (Wildman–Crippen LogP) is 2.18. The van der Waals surface area contributed by atoms with Crippen LogP contribution in [0.2, 0.25) is 5.02 Å². The molecule has 0 aliphatic rings. The first-order valence-electron chi connectivity index (χ1n) is 6.56. The van der Waals surface area contributed by atoms with E-state index >= 15 is 0 Å². The molecular weight excluding hydrogens is 304 g/mol. The number of amides is 1. The third-order valence-electron chi connectivity index (χ3n) is 3.41. The first-order chi connectivity index (χ1) is 10.5. The summed E-state index contributed by atoms with van der Waals surface area (Å²) in [6.45, 7) is 0.